The minimum Gasteiger partial charge on any atom is -0.481 e. The molecule has 0 heterocycles. The molecular formula is C22H35NO3. The first-order chi connectivity index (χ1) is 12.2. The molecule has 4 heteroatoms. The predicted octanol–water partition coefficient (Wildman–Crippen LogP) is 4.06. The van der Waals surface area contributed by atoms with E-state index in [0.29, 0.717) is 12.5 Å². The zero-order valence-electron chi connectivity index (χ0n) is 17.0. The van der Waals surface area contributed by atoms with Crippen molar-refractivity contribution in [1.29, 1.82) is 0 Å². The number of hydrogen-bond acceptors (Lipinski definition) is 3. The van der Waals surface area contributed by atoms with Gasteiger partial charge in [-0.15, -0.1) is 0 Å². The Hall–Kier alpha value is -1.55. The predicted molar refractivity (Wildman–Crippen MR) is 105 cm³/mol. The van der Waals surface area contributed by atoms with Crippen LogP contribution in [0.3, 0.4) is 0 Å². The fraction of sp³-hybridized carbons (Fsp3) is 0.682. The summed E-state index contributed by atoms with van der Waals surface area (Å²) in [4.78, 5) is 12.5. The Bertz CT molecular complexity index is 602. The zero-order valence-corrected chi connectivity index (χ0v) is 17.0. The maximum absolute atomic E-state index is 12.5. The van der Waals surface area contributed by atoms with Crippen LogP contribution >= 0.6 is 0 Å². The lowest BCUT2D eigenvalue weighted by molar-refractivity contribution is -0.128. The topological polar surface area (TPSA) is 58.6 Å². The van der Waals surface area contributed by atoms with Crippen LogP contribution in [0.15, 0.2) is 24.3 Å². The van der Waals surface area contributed by atoms with Gasteiger partial charge in [0, 0.05) is 13.2 Å². The van der Waals surface area contributed by atoms with Crippen molar-refractivity contribution in [3.8, 4) is 5.75 Å². The largest absolute Gasteiger partial charge is 0.481 e. The molecule has 0 radical (unpaired) electrons. The van der Waals surface area contributed by atoms with Gasteiger partial charge in [-0.1, -0.05) is 46.2 Å². The molecule has 0 bridgehead atoms. The van der Waals surface area contributed by atoms with Crippen molar-refractivity contribution in [1.82, 2.24) is 5.32 Å². The van der Waals surface area contributed by atoms with Crippen LogP contribution in [0.5, 0.6) is 5.75 Å². The summed E-state index contributed by atoms with van der Waals surface area (Å²) in [7, 11) is 0. The van der Waals surface area contributed by atoms with Crippen LogP contribution in [-0.4, -0.2) is 30.3 Å². The molecule has 0 spiro atoms. The molecule has 2 rings (SSSR count). The van der Waals surface area contributed by atoms with Gasteiger partial charge < -0.3 is 15.2 Å². The molecule has 1 aromatic carbocycles. The summed E-state index contributed by atoms with van der Waals surface area (Å²) < 4.78 is 5.88. The van der Waals surface area contributed by atoms with Crippen molar-refractivity contribution < 1.29 is 14.6 Å². The number of amides is 1. The Kier molecular flexibility index (Phi) is 6.73. The molecule has 1 saturated carbocycles. The van der Waals surface area contributed by atoms with Crippen LogP contribution in [0, 0.1) is 11.3 Å². The lowest BCUT2D eigenvalue weighted by atomic mass is 9.60. The molecule has 2 unspecified atom stereocenters. The van der Waals surface area contributed by atoms with E-state index in [4.69, 9.17) is 4.74 Å². The van der Waals surface area contributed by atoms with Gasteiger partial charge in [-0.2, -0.15) is 0 Å². The molecule has 146 valence electrons. The summed E-state index contributed by atoms with van der Waals surface area (Å²) >= 11 is 0. The third-order valence-electron chi connectivity index (χ3n) is 5.95. The number of nitrogens with one attached hydrogen (secondary N) is 1. The summed E-state index contributed by atoms with van der Waals surface area (Å²) in [5.41, 5.74) is 1.38. The van der Waals surface area contributed by atoms with Gasteiger partial charge in [0.15, 0.2) is 6.10 Å². The first-order valence-electron chi connectivity index (χ1n) is 9.84. The Balaban J connectivity index is 1.92. The monoisotopic (exact) mass is 361 g/mol. The molecule has 0 aliphatic heterocycles. The lowest BCUT2D eigenvalue weighted by Gasteiger charge is -2.47. The molecule has 1 amide bonds. The third-order valence-corrected chi connectivity index (χ3v) is 5.95. The molecule has 26 heavy (non-hydrogen) atoms. The highest BCUT2D eigenvalue weighted by atomic mass is 16.5. The average Bonchev–Trinajstić information content (AvgIpc) is 2.53. The van der Waals surface area contributed by atoms with Gasteiger partial charge in [0.25, 0.3) is 5.91 Å². The van der Waals surface area contributed by atoms with Crippen LogP contribution in [0.25, 0.3) is 0 Å². The standard InChI is InChI=1S/C22H35NO3/c1-16(10-13-24)22(11-7-12-22)15-23-20(25)17(2)26-19-9-6-8-18(14-19)21(3,4)5/h6,8-9,14,16-17,24H,7,10-13,15H2,1-5H3,(H,23,25). The molecule has 1 aliphatic carbocycles. The van der Waals surface area contributed by atoms with E-state index in [-0.39, 0.29) is 23.3 Å². The van der Waals surface area contributed by atoms with Gasteiger partial charge in [0.2, 0.25) is 0 Å². The molecule has 0 saturated heterocycles. The summed E-state index contributed by atoms with van der Waals surface area (Å²) in [5.74, 6) is 1.07. The van der Waals surface area contributed by atoms with Crippen molar-refractivity contribution in [2.45, 2.75) is 71.8 Å². The first-order valence-corrected chi connectivity index (χ1v) is 9.84. The van der Waals surface area contributed by atoms with Gasteiger partial charge in [-0.25, -0.2) is 0 Å². The van der Waals surface area contributed by atoms with E-state index in [0.717, 1.165) is 25.0 Å². The highest BCUT2D eigenvalue weighted by molar-refractivity contribution is 5.80. The van der Waals surface area contributed by atoms with E-state index >= 15 is 0 Å². The summed E-state index contributed by atoms with van der Waals surface area (Å²) in [6.07, 6.45) is 3.71. The van der Waals surface area contributed by atoms with E-state index in [1.165, 1.54) is 12.0 Å². The van der Waals surface area contributed by atoms with Gasteiger partial charge in [-0.3, -0.25) is 4.79 Å². The maximum atomic E-state index is 12.5. The Morgan fingerprint density at radius 3 is 2.54 bits per heavy atom. The first kappa shape index (κ1) is 20.8. The van der Waals surface area contributed by atoms with E-state index < -0.39 is 6.10 Å². The smallest absolute Gasteiger partial charge is 0.260 e. The van der Waals surface area contributed by atoms with Crippen LogP contribution in [-0.2, 0) is 10.2 Å². The lowest BCUT2D eigenvalue weighted by Crippen LogP contribution is -2.49. The zero-order chi connectivity index (χ0) is 19.4. The second-order valence-electron chi connectivity index (χ2n) is 8.88. The second kappa shape index (κ2) is 8.43. The Morgan fingerprint density at radius 2 is 2.00 bits per heavy atom. The number of carbonyl (C=O) groups excluding carboxylic acids is 1. The normalized spacial score (nSPS) is 18.5. The molecule has 4 nitrogen and oxygen atoms in total. The number of hydrogen-bond donors (Lipinski definition) is 2. The van der Waals surface area contributed by atoms with E-state index in [1.54, 1.807) is 6.92 Å². The number of benzene rings is 1. The van der Waals surface area contributed by atoms with Crippen molar-refractivity contribution in [2.75, 3.05) is 13.2 Å². The number of rotatable bonds is 8. The molecular weight excluding hydrogens is 326 g/mol. The van der Waals surface area contributed by atoms with E-state index in [1.807, 2.05) is 18.2 Å². The average molecular weight is 362 g/mol. The Labute approximate surface area is 158 Å². The van der Waals surface area contributed by atoms with Crippen LogP contribution in [0.4, 0.5) is 0 Å². The van der Waals surface area contributed by atoms with Crippen LogP contribution in [0.1, 0.15) is 65.9 Å². The number of aliphatic hydroxyl groups is 1. The molecule has 1 aromatic rings. The molecule has 2 N–H and O–H groups in total. The van der Waals surface area contributed by atoms with Crippen molar-refractivity contribution in [3.63, 3.8) is 0 Å². The fourth-order valence-corrected chi connectivity index (χ4v) is 3.67. The summed E-state index contributed by atoms with van der Waals surface area (Å²) in [5, 5.41) is 12.3. The second-order valence-corrected chi connectivity index (χ2v) is 8.88. The third kappa shape index (κ3) is 5.00. The molecule has 1 aliphatic rings. The molecule has 2 atom stereocenters. The summed E-state index contributed by atoms with van der Waals surface area (Å²) in [6.45, 7) is 11.3. The Morgan fingerprint density at radius 1 is 1.31 bits per heavy atom. The van der Waals surface area contributed by atoms with E-state index in [2.05, 4.69) is 39.1 Å². The minimum atomic E-state index is -0.532. The SMILES string of the molecule is CC(Oc1cccc(C(C)(C)C)c1)C(=O)NCC1(C(C)CCO)CCC1. The van der Waals surface area contributed by atoms with Crippen molar-refractivity contribution >= 4 is 5.91 Å². The van der Waals surface area contributed by atoms with Gasteiger partial charge in [-0.05, 0) is 60.6 Å². The fourth-order valence-electron chi connectivity index (χ4n) is 3.67. The van der Waals surface area contributed by atoms with Crippen molar-refractivity contribution in [3.05, 3.63) is 29.8 Å². The van der Waals surface area contributed by atoms with Gasteiger partial charge >= 0.3 is 0 Å². The molecule has 0 aromatic heterocycles. The minimum absolute atomic E-state index is 0.0459. The van der Waals surface area contributed by atoms with Gasteiger partial charge in [0.05, 0.1) is 0 Å². The summed E-state index contributed by atoms with van der Waals surface area (Å²) in [6, 6.07) is 7.97. The van der Waals surface area contributed by atoms with Crippen molar-refractivity contribution in [2.24, 2.45) is 11.3 Å². The number of aliphatic hydroxyl groups excluding tert-OH is 1. The quantitative estimate of drug-likeness (QED) is 0.734. The molecule has 1 fully saturated rings. The van der Waals surface area contributed by atoms with E-state index in [9.17, 15) is 9.90 Å². The maximum Gasteiger partial charge on any atom is 0.260 e. The highest BCUT2D eigenvalue weighted by Crippen LogP contribution is 2.47. The number of ether oxygens (including phenoxy) is 1. The van der Waals surface area contributed by atoms with Crippen LogP contribution < -0.4 is 10.1 Å². The van der Waals surface area contributed by atoms with Gasteiger partial charge in [0.1, 0.15) is 5.75 Å². The van der Waals surface area contributed by atoms with Crippen LogP contribution in [0.2, 0.25) is 0 Å². The highest BCUT2D eigenvalue weighted by Gasteiger charge is 2.41. The number of carbonyl (C=O) groups is 1.